The summed E-state index contributed by atoms with van der Waals surface area (Å²) in [4.78, 5) is 14.6. The second-order valence-corrected chi connectivity index (χ2v) is 5.45. The molecule has 0 unspecified atom stereocenters. The van der Waals surface area contributed by atoms with Crippen LogP contribution in [0.5, 0.6) is 0 Å². The van der Waals surface area contributed by atoms with E-state index in [1.54, 1.807) is 0 Å². The second kappa shape index (κ2) is 5.35. The molecule has 0 bridgehead atoms. The van der Waals surface area contributed by atoms with Crippen molar-refractivity contribution in [2.45, 2.75) is 0 Å². The lowest BCUT2D eigenvalue weighted by atomic mass is 10.1. The molecule has 0 aromatic heterocycles. The van der Waals surface area contributed by atoms with Gasteiger partial charge >= 0.3 is 0 Å². The minimum absolute atomic E-state index is 0.0824. The number of morpholine rings is 1. The number of carbonyl (C=O) groups is 1. The molecule has 4 rings (SSSR count). The van der Waals surface area contributed by atoms with Gasteiger partial charge < -0.3 is 20.3 Å². The van der Waals surface area contributed by atoms with E-state index in [4.69, 9.17) is 4.74 Å². The smallest absolute Gasteiger partial charge is 0.257 e. The fraction of sp³-hybridized carbons (Fsp3) is 0.235. The van der Waals surface area contributed by atoms with Crippen LogP contribution in [0.25, 0.3) is 0 Å². The van der Waals surface area contributed by atoms with Gasteiger partial charge in [-0.3, -0.25) is 4.79 Å². The van der Waals surface area contributed by atoms with Crippen molar-refractivity contribution in [3.63, 3.8) is 0 Å². The van der Waals surface area contributed by atoms with E-state index in [-0.39, 0.29) is 5.91 Å². The first-order valence-electron chi connectivity index (χ1n) is 7.45. The number of ether oxygens (including phenoxy) is 1. The third-order valence-corrected chi connectivity index (χ3v) is 4.07. The van der Waals surface area contributed by atoms with Gasteiger partial charge in [-0.15, -0.1) is 0 Å². The van der Waals surface area contributed by atoms with Crippen LogP contribution in [-0.4, -0.2) is 32.2 Å². The average molecular weight is 295 g/mol. The van der Waals surface area contributed by atoms with Gasteiger partial charge in [0.15, 0.2) is 0 Å². The van der Waals surface area contributed by atoms with Gasteiger partial charge in [-0.05, 0) is 30.3 Å². The number of nitrogens with one attached hydrogen (secondary N) is 2. The van der Waals surface area contributed by atoms with Crippen molar-refractivity contribution in [1.29, 1.82) is 0 Å². The number of hydrogen-bond donors (Lipinski definition) is 2. The minimum atomic E-state index is -0.0824. The molecule has 1 saturated heterocycles. The molecule has 2 aliphatic rings. The van der Waals surface area contributed by atoms with E-state index in [0.717, 1.165) is 49.1 Å². The van der Waals surface area contributed by atoms with Crippen LogP contribution in [0.4, 0.5) is 22.7 Å². The summed E-state index contributed by atoms with van der Waals surface area (Å²) in [6.45, 7) is 3.29. The maximum Gasteiger partial charge on any atom is 0.257 e. The number of fused-ring (bicyclic) bond motifs is 2. The van der Waals surface area contributed by atoms with Crippen molar-refractivity contribution >= 4 is 28.7 Å². The summed E-state index contributed by atoms with van der Waals surface area (Å²) in [6.07, 6.45) is 0. The van der Waals surface area contributed by atoms with Crippen molar-refractivity contribution in [3.05, 3.63) is 48.0 Å². The first kappa shape index (κ1) is 13.2. The maximum absolute atomic E-state index is 12.3. The summed E-state index contributed by atoms with van der Waals surface area (Å²) in [7, 11) is 0. The van der Waals surface area contributed by atoms with Crippen LogP contribution >= 0.6 is 0 Å². The summed E-state index contributed by atoms with van der Waals surface area (Å²) >= 11 is 0. The lowest BCUT2D eigenvalue weighted by Crippen LogP contribution is -2.36. The van der Waals surface area contributed by atoms with Gasteiger partial charge in [-0.2, -0.15) is 0 Å². The van der Waals surface area contributed by atoms with Gasteiger partial charge in [-0.25, -0.2) is 0 Å². The number of anilines is 4. The van der Waals surface area contributed by atoms with Gasteiger partial charge in [0.05, 0.1) is 35.8 Å². The lowest BCUT2D eigenvalue weighted by molar-refractivity contribution is 0.102. The monoisotopic (exact) mass is 295 g/mol. The number of benzene rings is 2. The van der Waals surface area contributed by atoms with E-state index in [0.29, 0.717) is 5.56 Å². The van der Waals surface area contributed by atoms with Crippen LogP contribution in [0.15, 0.2) is 42.5 Å². The SMILES string of the molecule is O=C1Nc2ccc(N3CCOCC3)cc2Nc2ccccc21. The Morgan fingerprint density at radius 3 is 2.59 bits per heavy atom. The van der Waals surface area contributed by atoms with E-state index in [2.05, 4.69) is 21.6 Å². The highest BCUT2D eigenvalue weighted by Gasteiger charge is 2.20. The maximum atomic E-state index is 12.3. The third kappa shape index (κ3) is 2.29. The van der Waals surface area contributed by atoms with Crippen LogP contribution in [-0.2, 0) is 4.74 Å². The van der Waals surface area contributed by atoms with Crippen LogP contribution in [0.1, 0.15) is 10.4 Å². The van der Waals surface area contributed by atoms with Gasteiger partial charge in [0.1, 0.15) is 0 Å². The quantitative estimate of drug-likeness (QED) is 0.849. The molecule has 112 valence electrons. The number of amides is 1. The molecule has 2 heterocycles. The highest BCUT2D eigenvalue weighted by Crippen LogP contribution is 2.34. The molecular formula is C17H17N3O2. The largest absolute Gasteiger partial charge is 0.378 e. The Kier molecular flexibility index (Phi) is 3.20. The molecule has 1 fully saturated rings. The van der Waals surface area contributed by atoms with E-state index in [9.17, 15) is 4.79 Å². The van der Waals surface area contributed by atoms with Gasteiger partial charge in [0.25, 0.3) is 5.91 Å². The molecule has 2 aromatic rings. The molecule has 0 radical (unpaired) electrons. The molecule has 22 heavy (non-hydrogen) atoms. The summed E-state index contributed by atoms with van der Waals surface area (Å²) in [5.74, 6) is -0.0824. The van der Waals surface area contributed by atoms with Gasteiger partial charge in [-0.1, -0.05) is 12.1 Å². The van der Waals surface area contributed by atoms with Crippen LogP contribution < -0.4 is 15.5 Å². The fourth-order valence-corrected chi connectivity index (χ4v) is 2.89. The average Bonchev–Trinajstić information content (AvgIpc) is 2.71. The zero-order valence-electron chi connectivity index (χ0n) is 12.1. The van der Waals surface area contributed by atoms with E-state index >= 15 is 0 Å². The molecule has 1 amide bonds. The summed E-state index contributed by atoms with van der Waals surface area (Å²) in [5, 5.41) is 6.34. The molecule has 2 N–H and O–H groups in total. The standard InChI is InChI=1S/C17H17N3O2/c21-17-13-3-1-2-4-14(13)18-16-11-12(5-6-15(16)19-17)20-7-9-22-10-8-20/h1-6,11,18H,7-10H2,(H,19,21). The Morgan fingerprint density at radius 2 is 1.73 bits per heavy atom. The highest BCUT2D eigenvalue weighted by molar-refractivity contribution is 6.12. The summed E-state index contributed by atoms with van der Waals surface area (Å²) < 4.78 is 5.40. The van der Waals surface area contributed by atoms with E-state index in [1.807, 2.05) is 36.4 Å². The highest BCUT2D eigenvalue weighted by atomic mass is 16.5. The molecule has 0 atom stereocenters. The molecule has 0 spiro atoms. The van der Waals surface area contributed by atoms with Crippen LogP contribution in [0.3, 0.4) is 0 Å². The molecule has 2 aliphatic heterocycles. The van der Waals surface area contributed by atoms with Gasteiger partial charge in [0.2, 0.25) is 0 Å². The topological polar surface area (TPSA) is 53.6 Å². The summed E-state index contributed by atoms with van der Waals surface area (Å²) in [6, 6.07) is 13.6. The Bertz CT molecular complexity index is 724. The Morgan fingerprint density at radius 1 is 0.909 bits per heavy atom. The molecule has 5 heteroatoms. The number of rotatable bonds is 1. The molecule has 0 saturated carbocycles. The van der Waals surface area contributed by atoms with E-state index < -0.39 is 0 Å². The van der Waals surface area contributed by atoms with Gasteiger partial charge in [0, 0.05) is 18.8 Å². The number of para-hydroxylation sites is 1. The second-order valence-electron chi connectivity index (χ2n) is 5.45. The van der Waals surface area contributed by atoms with Crippen LogP contribution in [0, 0.1) is 0 Å². The molecule has 5 nitrogen and oxygen atoms in total. The third-order valence-electron chi connectivity index (χ3n) is 4.07. The zero-order chi connectivity index (χ0) is 14.9. The van der Waals surface area contributed by atoms with Crippen LogP contribution in [0.2, 0.25) is 0 Å². The van der Waals surface area contributed by atoms with Crippen molar-refractivity contribution < 1.29 is 9.53 Å². The minimum Gasteiger partial charge on any atom is -0.378 e. The predicted octanol–water partition coefficient (Wildman–Crippen LogP) is 2.83. The van der Waals surface area contributed by atoms with E-state index in [1.165, 1.54) is 0 Å². The Hall–Kier alpha value is -2.53. The zero-order valence-corrected chi connectivity index (χ0v) is 12.1. The normalized spacial score (nSPS) is 16.9. The lowest BCUT2D eigenvalue weighted by Gasteiger charge is -2.29. The predicted molar refractivity (Wildman–Crippen MR) is 87.2 cm³/mol. The van der Waals surface area contributed by atoms with Crippen molar-refractivity contribution in [2.75, 3.05) is 41.8 Å². The van der Waals surface area contributed by atoms with Crippen molar-refractivity contribution in [3.8, 4) is 0 Å². The fourth-order valence-electron chi connectivity index (χ4n) is 2.89. The molecule has 0 aliphatic carbocycles. The molecular weight excluding hydrogens is 278 g/mol. The Balaban J connectivity index is 1.72. The number of nitrogens with zero attached hydrogens (tertiary/aromatic N) is 1. The Labute approximate surface area is 128 Å². The summed E-state index contributed by atoms with van der Waals surface area (Å²) in [5.41, 5.74) is 4.35. The first-order chi connectivity index (χ1) is 10.8. The van der Waals surface area contributed by atoms with Crippen molar-refractivity contribution in [1.82, 2.24) is 0 Å². The molecule has 2 aromatic carbocycles. The van der Waals surface area contributed by atoms with Crippen molar-refractivity contribution in [2.24, 2.45) is 0 Å². The number of hydrogen-bond acceptors (Lipinski definition) is 4. The first-order valence-corrected chi connectivity index (χ1v) is 7.45. The number of carbonyl (C=O) groups excluding carboxylic acids is 1.